The molecule has 0 radical (unpaired) electrons. The summed E-state index contributed by atoms with van der Waals surface area (Å²) in [4.78, 5) is 0. The van der Waals surface area contributed by atoms with Crippen LogP contribution in [0.3, 0.4) is 0 Å². The summed E-state index contributed by atoms with van der Waals surface area (Å²) in [5, 5.41) is 3.24. The molecule has 0 aliphatic heterocycles. The minimum Gasteiger partial charge on any atom is -0.451 e. The lowest BCUT2D eigenvalue weighted by Crippen LogP contribution is -2.16. The highest BCUT2D eigenvalue weighted by Crippen LogP contribution is 2.31. The normalized spacial score (nSPS) is 14.2. The Labute approximate surface area is 120 Å². The number of rotatable bonds is 5. The number of hydrogen-bond acceptors (Lipinski definition) is 2. The zero-order chi connectivity index (χ0) is 14.8. The minimum absolute atomic E-state index is 0.0739. The van der Waals surface area contributed by atoms with Crippen LogP contribution in [0, 0.1) is 17.5 Å². The van der Waals surface area contributed by atoms with Crippen molar-refractivity contribution in [2.24, 2.45) is 0 Å². The number of benzene rings is 2. The zero-order valence-electron chi connectivity index (χ0n) is 11.2. The second-order valence-corrected chi connectivity index (χ2v) is 5.06. The third-order valence-corrected chi connectivity index (χ3v) is 3.31. The van der Waals surface area contributed by atoms with E-state index >= 15 is 0 Å². The molecule has 0 unspecified atom stereocenters. The minimum atomic E-state index is -0.735. The topological polar surface area (TPSA) is 21.3 Å². The van der Waals surface area contributed by atoms with Gasteiger partial charge in [0, 0.05) is 24.2 Å². The van der Waals surface area contributed by atoms with Crippen LogP contribution in [0.25, 0.3) is 0 Å². The van der Waals surface area contributed by atoms with Crippen molar-refractivity contribution >= 4 is 0 Å². The summed E-state index contributed by atoms with van der Waals surface area (Å²) in [5.74, 6) is -2.38. The first kappa shape index (κ1) is 13.9. The Bertz CT molecular complexity index is 656. The quantitative estimate of drug-likeness (QED) is 0.894. The van der Waals surface area contributed by atoms with Crippen molar-refractivity contribution in [2.45, 2.75) is 25.4 Å². The first-order chi connectivity index (χ1) is 10.1. The average Bonchev–Trinajstić information content (AvgIpc) is 3.27. The van der Waals surface area contributed by atoms with E-state index in [9.17, 15) is 13.2 Å². The SMILES string of the molecule is Fc1ccc(F)c(Oc2c(F)cccc2CNC2CC2)c1. The molecule has 5 heteroatoms. The third-order valence-electron chi connectivity index (χ3n) is 3.31. The summed E-state index contributed by atoms with van der Waals surface area (Å²) in [6.07, 6.45) is 2.20. The fourth-order valence-corrected chi connectivity index (χ4v) is 2.01. The van der Waals surface area contributed by atoms with Gasteiger partial charge >= 0.3 is 0 Å². The van der Waals surface area contributed by atoms with Crippen LogP contribution >= 0.6 is 0 Å². The van der Waals surface area contributed by atoms with E-state index in [-0.39, 0.29) is 11.5 Å². The van der Waals surface area contributed by atoms with Crippen molar-refractivity contribution in [1.82, 2.24) is 5.32 Å². The van der Waals surface area contributed by atoms with Gasteiger partial charge in [-0.3, -0.25) is 0 Å². The molecule has 0 amide bonds. The van der Waals surface area contributed by atoms with Crippen LogP contribution < -0.4 is 10.1 Å². The van der Waals surface area contributed by atoms with Gasteiger partial charge in [0.1, 0.15) is 5.82 Å². The molecule has 110 valence electrons. The lowest BCUT2D eigenvalue weighted by molar-refractivity contribution is 0.404. The molecule has 2 nitrogen and oxygen atoms in total. The van der Waals surface area contributed by atoms with Crippen molar-refractivity contribution in [2.75, 3.05) is 0 Å². The number of nitrogens with one attached hydrogen (secondary N) is 1. The van der Waals surface area contributed by atoms with Crippen LogP contribution in [0.2, 0.25) is 0 Å². The molecule has 0 spiro atoms. The highest BCUT2D eigenvalue weighted by atomic mass is 19.1. The summed E-state index contributed by atoms with van der Waals surface area (Å²) < 4.78 is 46.0. The monoisotopic (exact) mass is 293 g/mol. The first-order valence-corrected chi connectivity index (χ1v) is 6.77. The second kappa shape index (κ2) is 5.77. The predicted molar refractivity (Wildman–Crippen MR) is 72.7 cm³/mol. The highest BCUT2D eigenvalue weighted by Gasteiger charge is 2.21. The van der Waals surface area contributed by atoms with E-state index in [4.69, 9.17) is 4.74 Å². The Hall–Kier alpha value is -2.01. The van der Waals surface area contributed by atoms with Crippen molar-refractivity contribution in [3.63, 3.8) is 0 Å². The molecule has 21 heavy (non-hydrogen) atoms. The molecule has 0 atom stereocenters. The number of halogens is 3. The fraction of sp³-hybridized carbons (Fsp3) is 0.250. The van der Waals surface area contributed by atoms with E-state index in [1.54, 1.807) is 12.1 Å². The maximum absolute atomic E-state index is 13.9. The van der Waals surface area contributed by atoms with E-state index in [2.05, 4.69) is 5.32 Å². The molecule has 1 aliphatic carbocycles. The zero-order valence-corrected chi connectivity index (χ0v) is 11.2. The number of hydrogen-bond donors (Lipinski definition) is 1. The standard InChI is InChI=1S/C16H14F3NO/c17-11-4-7-13(18)15(8-11)21-16-10(2-1-3-14(16)19)9-20-12-5-6-12/h1-4,7-8,12,20H,5-6,9H2. The van der Waals surface area contributed by atoms with Gasteiger partial charge in [-0.05, 0) is 31.0 Å². The van der Waals surface area contributed by atoms with Gasteiger partial charge in [0.05, 0.1) is 0 Å². The molecule has 0 heterocycles. The Kier molecular flexibility index (Phi) is 3.84. The molecular formula is C16H14F3NO. The first-order valence-electron chi connectivity index (χ1n) is 6.77. The molecule has 2 aromatic carbocycles. The Balaban J connectivity index is 1.87. The van der Waals surface area contributed by atoms with E-state index in [0.717, 1.165) is 31.0 Å². The molecule has 2 aromatic rings. The lowest BCUT2D eigenvalue weighted by atomic mass is 10.2. The molecule has 0 aromatic heterocycles. The van der Waals surface area contributed by atoms with Crippen LogP contribution in [0.4, 0.5) is 13.2 Å². The predicted octanol–water partition coefficient (Wildman–Crippen LogP) is 4.15. The highest BCUT2D eigenvalue weighted by molar-refractivity contribution is 5.39. The van der Waals surface area contributed by atoms with Crippen molar-refractivity contribution < 1.29 is 17.9 Å². The van der Waals surface area contributed by atoms with E-state index in [1.807, 2.05) is 0 Å². The van der Waals surface area contributed by atoms with Gasteiger partial charge in [-0.2, -0.15) is 0 Å². The second-order valence-electron chi connectivity index (χ2n) is 5.06. The van der Waals surface area contributed by atoms with Crippen LogP contribution in [-0.2, 0) is 6.54 Å². The van der Waals surface area contributed by atoms with Crippen LogP contribution in [0.15, 0.2) is 36.4 Å². The number of para-hydroxylation sites is 1. The van der Waals surface area contributed by atoms with Gasteiger partial charge in [0.15, 0.2) is 23.1 Å². The van der Waals surface area contributed by atoms with E-state index in [0.29, 0.717) is 18.2 Å². The largest absolute Gasteiger partial charge is 0.451 e. The molecule has 3 rings (SSSR count). The third kappa shape index (κ3) is 3.36. The summed E-state index contributed by atoms with van der Waals surface area (Å²) in [6.45, 7) is 0.425. The molecule has 1 fully saturated rings. The molecular weight excluding hydrogens is 279 g/mol. The van der Waals surface area contributed by atoms with E-state index < -0.39 is 17.5 Å². The molecule has 1 aliphatic rings. The van der Waals surface area contributed by atoms with Gasteiger partial charge in [0.2, 0.25) is 0 Å². The molecule has 0 bridgehead atoms. The van der Waals surface area contributed by atoms with Gasteiger partial charge in [-0.25, -0.2) is 13.2 Å². The Morgan fingerprint density at radius 3 is 2.62 bits per heavy atom. The maximum atomic E-state index is 13.9. The van der Waals surface area contributed by atoms with Crippen LogP contribution in [-0.4, -0.2) is 6.04 Å². The Morgan fingerprint density at radius 2 is 1.86 bits per heavy atom. The van der Waals surface area contributed by atoms with Gasteiger partial charge < -0.3 is 10.1 Å². The molecule has 0 saturated heterocycles. The Morgan fingerprint density at radius 1 is 1.05 bits per heavy atom. The van der Waals surface area contributed by atoms with Gasteiger partial charge in [-0.1, -0.05) is 12.1 Å². The lowest BCUT2D eigenvalue weighted by Gasteiger charge is -2.13. The van der Waals surface area contributed by atoms with Crippen molar-refractivity contribution in [1.29, 1.82) is 0 Å². The smallest absolute Gasteiger partial charge is 0.167 e. The summed E-state index contributed by atoms with van der Waals surface area (Å²) in [5.41, 5.74) is 0.575. The van der Waals surface area contributed by atoms with Crippen LogP contribution in [0.5, 0.6) is 11.5 Å². The average molecular weight is 293 g/mol. The van der Waals surface area contributed by atoms with Gasteiger partial charge in [0.25, 0.3) is 0 Å². The maximum Gasteiger partial charge on any atom is 0.167 e. The van der Waals surface area contributed by atoms with Crippen LogP contribution in [0.1, 0.15) is 18.4 Å². The van der Waals surface area contributed by atoms with Gasteiger partial charge in [-0.15, -0.1) is 0 Å². The summed E-state index contributed by atoms with van der Waals surface area (Å²) in [7, 11) is 0. The number of ether oxygens (including phenoxy) is 1. The van der Waals surface area contributed by atoms with Crippen molar-refractivity contribution in [3.8, 4) is 11.5 Å². The van der Waals surface area contributed by atoms with Crippen molar-refractivity contribution in [3.05, 3.63) is 59.4 Å². The summed E-state index contributed by atoms with van der Waals surface area (Å²) >= 11 is 0. The molecule has 1 N–H and O–H groups in total. The molecule has 1 saturated carbocycles. The van der Waals surface area contributed by atoms with E-state index in [1.165, 1.54) is 6.07 Å². The summed E-state index contributed by atoms with van der Waals surface area (Å²) in [6, 6.07) is 7.78. The fourth-order valence-electron chi connectivity index (χ4n) is 2.01.